The molecule has 0 aliphatic heterocycles. The first-order valence-electron chi connectivity index (χ1n) is 11.0. The Hall–Kier alpha value is -1.36. The third-order valence-electron chi connectivity index (χ3n) is 4.99. The van der Waals surface area contributed by atoms with Gasteiger partial charge < -0.3 is 14.5 Å². The smallest absolute Gasteiger partial charge is 0.305 e. The van der Waals surface area contributed by atoms with Crippen LogP contribution in [0.5, 0.6) is 0 Å². The fourth-order valence-corrected chi connectivity index (χ4v) is 3.24. The maximum Gasteiger partial charge on any atom is 0.305 e. The van der Waals surface area contributed by atoms with Gasteiger partial charge in [0.2, 0.25) is 0 Å². The molecule has 0 saturated carbocycles. The Balaban J connectivity index is 1.87. The number of carbonyl (C=O) groups excluding carboxylic acids is 1. The molecule has 0 bridgehead atoms. The number of hydrogen-bond donors (Lipinski definition) is 1. The van der Waals surface area contributed by atoms with Crippen LogP contribution in [0.1, 0.15) is 109 Å². The van der Waals surface area contributed by atoms with Gasteiger partial charge in [0.15, 0.2) is 0 Å². The number of carbonyl (C=O) groups is 1. The number of nitrogens with zero attached hydrogens (tertiary/aromatic N) is 1. The third kappa shape index (κ3) is 12.6. The second-order valence-corrected chi connectivity index (χ2v) is 7.37. The zero-order chi connectivity index (χ0) is 19.6. The van der Waals surface area contributed by atoms with Gasteiger partial charge in [-0.1, -0.05) is 84.0 Å². The standard InChI is InChI=1S/C22H40N2O3/c1-3-4-5-6-7-8-9-10-11-12-13-14-15-16-21(25)27-19-20(26-2)22-23-17-18-24-22/h17-18,20H,3-16,19H2,1-2H3,(H,23,24). The Labute approximate surface area is 165 Å². The van der Waals surface area contributed by atoms with Crippen molar-refractivity contribution in [2.45, 2.75) is 103 Å². The van der Waals surface area contributed by atoms with E-state index in [0.717, 1.165) is 12.8 Å². The van der Waals surface area contributed by atoms with E-state index in [4.69, 9.17) is 9.47 Å². The molecule has 0 fully saturated rings. The average molecular weight is 381 g/mol. The molecule has 0 aliphatic rings. The van der Waals surface area contributed by atoms with Gasteiger partial charge in [-0.3, -0.25) is 4.79 Å². The van der Waals surface area contributed by atoms with E-state index in [1.54, 1.807) is 19.5 Å². The molecule has 156 valence electrons. The molecule has 0 amide bonds. The molecule has 1 atom stereocenters. The van der Waals surface area contributed by atoms with Gasteiger partial charge in [0.1, 0.15) is 18.5 Å². The lowest BCUT2D eigenvalue weighted by molar-refractivity contribution is -0.147. The Morgan fingerprint density at radius 3 is 2.00 bits per heavy atom. The van der Waals surface area contributed by atoms with E-state index >= 15 is 0 Å². The highest BCUT2D eigenvalue weighted by Crippen LogP contribution is 2.14. The van der Waals surface area contributed by atoms with Crippen LogP contribution in [0.2, 0.25) is 0 Å². The molecule has 1 heterocycles. The Bertz CT molecular complexity index is 448. The Morgan fingerprint density at radius 1 is 0.963 bits per heavy atom. The molecule has 1 N–H and O–H groups in total. The normalized spacial score (nSPS) is 12.2. The van der Waals surface area contributed by atoms with Gasteiger partial charge in [0.05, 0.1) is 0 Å². The summed E-state index contributed by atoms with van der Waals surface area (Å²) in [6.45, 7) is 2.48. The molecule has 1 unspecified atom stereocenters. The molecule has 0 aliphatic carbocycles. The molecule has 0 radical (unpaired) electrons. The molecule has 5 heteroatoms. The van der Waals surface area contributed by atoms with Gasteiger partial charge in [0, 0.05) is 25.9 Å². The van der Waals surface area contributed by atoms with Crippen molar-refractivity contribution in [3.05, 3.63) is 18.2 Å². The SMILES string of the molecule is CCCCCCCCCCCCCCCC(=O)OCC(OC)c1ncc[nH]1. The quantitative estimate of drug-likeness (QED) is 0.246. The number of esters is 1. The number of rotatable bonds is 18. The first kappa shape index (κ1) is 23.7. The van der Waals surface area contributed by atoms with E-state index in [1.165, 1.54) is 70.6 Å². The van der Waals surface area contributed by atoms with Crippen LogP contribution in [0.15, 0.2) is 12.4 Å². The van der Waals surface area contributed by atoms with E-state index in [9.17, 15) is 4.79 Å². The summed E-state index contributed by atoms with van der Waals surface area (Å²) in [7, 11) is 1.59. The molecule has 27 heavy (non-hydrogen) atoms. The lowest BCUT2D eigenvalue weighted by Gasteiger charge is -2.13. The minimum Gasteiger partial charge on any atom is -0.462 e. The Kier molecular flexibility index (Phi) is 14.7. The van der Waals surface area contributed by atoms with E-state index in [1.807, 2.05) is 0 Å². The maximum atomic E-state index is 11.8. The summed E-state index contributed by atoms with van der Waals surface area (Å²) in [4.78, 5) is 18.9. The van der Waals surface area contributed by atoms with Crippen molar-refractivity contribution in [3.8, 4) is 0 Å². The minimum absolute atomic E-state index is 0.147. The molecule has 1 aromatic heterocycles. The minimum atomic E-state index is -0.324. The highest BCUT2D eigenvalue weighted by Gasteiger charge is 2.15. The van der Waals surface area contributed by atoms with Crippen molar-refractivity contribution in [1.29, 1.82) is 0 Å². The van der Waals surface area contributed by atoms with E-state index in [2.05, 4.69) is 16.9 Å². The summed E-state index contributed by atoms with van der Waals surface area (Å²) < 4.78 is 10.6. The number of nitrogens with one attached hydrogen (secondary N) is 1. The first-order chi connectivity index (χ1) is 13.3. The number of H-pyrrole nitrogens is 1. The molecule has 1 aromatic rings. The number of imidazole rings is 1. The van der Waals surface area contributed by atoms with Crippen molar-refractivity contribution in [3.63, 3.8) is 0 Å². The number of methoxy groups -OCH3 is 1. The summed E-state index contributed by atoms with van der Waals surface area (Å²) in [5, 5.41) is 0. The van der Waals surface area contributed by atoms with Crippen LogP contribution in [0.3, 0.4) is 0 Å². The van der Waals surface area contributed by atoms with Crippen LogP contribution >= 0.6 is 0 Å². The van der Waals surface area contributed by atoms with Crippen molar-refractivity contribution in [2.24, 2.45) is 0 Å². The lowest BCUT2D eigenvalue weighted by Crippen LogP contribution is -2.15. The van der Waals surface area contributed by atoms with Gasteiger partial charge in [-0.2, -0.15) is 0 Å². The molecule has 5 nitrogen and oxygen atoms in total. The monoisotopic (exact) mass is 380 g/mol. The molecule has 0 spiro atoms. The topological polar surface area (TPSA) is 64.2 Å². The van der Waals surface area contributed by atoms with Gasteiger partial charge in [-0.25, -0.2) is 4.98 Å². The fourth-order valence-electron chi connectivity index (χ4n) is 3.24. The van der Waals surface area contributed by atoms with E-state index in [0.29, 0.717) is 12.2 Å². The number of hydrogen-bond acceptors (Lipinski definition) is 4. The largest absolute Gasteiger partial charge is 0.462 e. The lowest BCUT2D eigenvalue weighted by atomic mass is 10.0. The summed E-state index contributed by atoms with van der Waals surface area (Å²) in [6.07, 6.45) is 20.5. The summed E-state index contributed by atoms with van der Waals surface area (Å²) in [5.41, 5.74) is 0. The van der Waals surface area contributed by atoms with Gasteiger partial charge >= 0.3 is 5.97 Å². The van der Waals surface area contributed by atoms with Crippen molar-refractivity contribution in [1.82, 2.24) is 9.97 Å². The van der Waals surface area contributed by atoms with Gasteiger partial charge in [-0.15, -0.1) is 0 Å². The van der Waals surface area contributed by atoms with Crippen LogP contribution < -0.4 is 0 Å². The summed E-state index contributed by atoms with van der Waals surface area (Å²) >= 11 is 0. The zero-order valence-electron chi connectivity index (χ0n) is 17.5. The third-order valence-corrected chi connectivity index (χ3v) is 4.99. The highest BCUT2D eigenvalue weighted by atomic mass is 16.6. The average Bonchev–Trinajstić information content (AvgIpc) is 3.20. The predicted octanol–water partition coefficient (Wildman–Crippen LogP) is 6.12. The van der Waals surface area contributed by atoms with Crippen LogP contribution in [0.4, 0.5) is 0 Å². The fraction of sp³-hybridized carbons (Fsp3) is 0.818. The zero-order valence-corrected chi connectivity index (χ0v) is 17.5. The molecular formula is C22H40N2O3. The second-order valence-electron chi connectivity index (χ2n) is 7.37. The molecule has 0 saturated heterocycles. The number of aromatic nitrogens is 2. The van der Waals surface area contributed by atoms with Crippen LogP contribution in [-0.4, -0.2) is 29.7 Å². The van der Waals surface area contributed by atoms with Crippen molar-refractivity contribution in [2.75, 3.05) is 13.7 Å². The van der Waals surface area contributed by atoms with Crippen LogP contribution in [0.25, 0.3) is 0 Å². The second kappa shape index (κ2) is 16.8. The predicted molar refractivity (Wildman–Crippen MR) is 110 cm³/mol. The van der Waals surface area contributed by atoms with Crippen LogP contribution in [0, 0.1) is 0 Å². The number of aromatic amines is 1. The van der Waals surface area contributed by atoms with Gasteiger partial charge in [-0.05, 0) is 6.42 Å². The summed E-state index contributed by atoms with van der Waals surface area (Å²) in [5.74, 6) is 0.540. The van der Waals surface area contributed by atoms with E-state index < -0.39 is 0 Å². The molecule has 0 aromatic carbocycles. The highest BCUT2D eigenvalue weighted by molar-refractivity contribution is 5.69. The van der Waals surface area contributed by atoms with Gasteiger partial charge in [0.25, 0.3) is 0 Å². The van der Waals surface area contributed by atoms with Crippen LogP contribution in [-0.2, 0) is 14.3 Å². The first-order valence-corrected chi connectivity index (χ1v) is 11.0. The van der Waals surface area contributed by atoms with Crippen molar-refractivity contribution < 1.29 is 14.3 Å². The number of ether oxygens (including phenoxy) is 2. The Morgan fingerprint density at radius 2 is 1.52 bits per heavy atom. The molecule has 1 rings (SSSR count). The van der Waals surface area contributed by atoms with E-state index in [-0.39, 0.29) is 18.7 Å². The number of unbranched alkanes of at least 4 members (excludes halogenated alkanes) is 12. The van der Waals surface area contributed by atoms with Crippen molar-refractivity contribution >= 4 is 5.97 Å². The molecular weight excluding hydrogens is 340 g/mol. The summed E-state index contributed by atoms with van der Waals surface area (Å²) in [6, 6.07) is 0. The maximum absolute atomic E-state index is 11.8.